The SMILES string of the molecule is Cc1cccc(-c2ccc(C)c(-c3ccc(-c4cc(-c5ccccc5)cc(-c5ccccc5)n4)cc3)c2)c1. The zero-order chi connectivity index (χ0) is 25.9. The second-order valence-corrected chi connectivity index (χ2v) is 9.83. The molecular weight excluding hydrogens is 458 g/mol. The summed E-state index contributed by atoms with van der Waals surface area (Å²) in [6.45, 7) is 4.32. The van der Waals surface area contributed by atoms with Crippen molar-refractivity contribution in [2.24, 2.45) is 0 Å². The van der Waals surface area contributed by atoms with E-state index in [1.54, 1.807) is 0 Å². The molecule has 182 valence electrons. The minimum absolute atomic E-state index is 0.974. The highest BCUT2D eigenvalue weighted by Gasteiger charge is 2.10. The van der Waals surface area contributed by atoms with Crippen LogP contribution in [0, 0.1) is 13.8 Å². The molecule has 1 heterocycles. The summed E-state index contributed by atoms with van der Waals surface area (Å²) in [5.41, 5.74) is 14.0. The lowest BCUT2D eigenvalue weighted by atomic mass is 9.93. The van der Waals surface area contributed by atoms with E-state index < -0.39 is 0 Å². The summed E-state index contributed by atoms with van der Waals surface area (Å²) in [6.07, 6.45) is 0. The second kappa shape index (κ2) is 10.3. The van der Waals surface area contributed by atoms with Crippen molar-refractivity contribution in [3.8, 4) is 55.9 Å². The van der Waals surface area contributed by atoms with Crippen molar-refractivity contribution >= 4 is 0 Å². The highest BCUT2D eigenvalue weighted by atomic mass is 14.7. The molecule has 0 radical (unpaired) electrons. The molecule has 0 N–H and O–H groups in total. The van der Waals surface area contributed by atoms with Gasteiger partial charge in [0.05, 0.1) is 11.4 Å². The van der Waals surface area contributed by atoms with Gasteiger partial charge in [-0.3, -0.25) is 0 Å². The summed E-state index contributed by atoms with van der Waals surface area (Å²) < 4.78 is 0. The Kier molecular flexibility index (Phi) is 6.42. The molecule has 1 nitrogen and oxygen atoms in total. The van der Waals surface area contributed by atoms with Crippen LogP contribution in [-0.2, 0) is 0 Å². The summed E-state index contributed by atoms with van der Waals surface area (Å²) in [5.74, 6) is 0. The predicted octanol–water partition coefficient (Wildman–Crippen LogP) is 10.0. The van der Waals surface area contributed by atoms with Crippen molar-refractivity contribution < 1.29 is 0 Å². The zero-order valence-corrected chi connectivity index (χ0v) is 21.7. The topological polar surface area (TPSA) is 12.9 Å². The maximum absolute atomic E-state index is 5.08. The summed E-state index contributed by atoms with van der Waals surface area (Å²) in [7, 11) is 0. The van der Waals surface area contributed by atoms with E-state index in [-0.39, 0.29) is 0 Å². The molecule has 0 spiro atoms. The van der Waals surface area contributed by atoms with Crippen LogP contribution in [0.1, 0.15) is 11.1 Å². The van der Waals surface area contributed by atoms with Gasteiger partial charge in [-0.25, -0.2) is 4.98 Å². The van der Waals surface area contributed by atoms with E-state index >= 15 is 0 Å². The van der Waals surface area contributed by atoms with Crippen LogP contribution in [0.25, 0.3) is 55.9 Å². The lowest BCUT2D eigenvalue weighted by Crippen LogP contribution is -1.92. The number of aryl methyl sites for hydroxylation is 2. The number of hydrogen-bond donors (Lipinski definition) is 0. The van der Waals surface area contributed by atoms with Gasteiger partial charge in [0.1, 0.15) is 0 Å². The molecule has 1 heteroatoms. The van der Waals surface area contributed by atoms with Crippen LogP contribution in [-0.4, -0.2) is 4.98 Å². The molecule has 0 aliphatic rings. The molecule has 0 saturated heterocycles. The van der Waals surface area contributed by atoms with Crippen LogP contribution in [0.3, 0.4) is 0 Å². The third-order valence-corrected chi connectivity index (χ3v) is 7.08. The van der Waals surface area contributed by atoms with E-state index in [0.29, 0.717) is 0 Å². The Morgan fingerprint density at radius 1 is 0.368 bits per heavy atom. The van der Waals surface area contributed by atoms with Crippen LogP contribution in [0.4, 0.5) is 0 Å². The van der Waals surface area contributed by atoms with Crippen LogP contribution < -0.4 is 0 Å². The molecule has 38 heavy (non-hydrogen) atoms. The van der Waals surface area contributed by atoms with E-state index in [2.05, 4.69) is 147 Å². The number of rotatable bonds is 5. The van der Waals surface area contributed by atoms with Crippen molar-refractivity contribution in [2.45, 2.75) is 13.8 Å². The third kappa shape index (κ3) is 4.92. The van der Waals surface area contributed by atoms with Crippen LogP contribution in [0.15, 0.2) is 140 Å². The molecule has 0 unspecified atom stereocenters. The molecule has 0 saturated carbocycles. The van der Waals surface area contributed by atoms with Gasteiger partial charge >= 0.3 is 0 Å². The van der Waals surface area contributed by atoms with Crippen molar-refractivity contribution in [2.75, 3.05) is 0 Å². The highest BCUT2D eigenvalue weighted by Crippen LogP contribution is 2.33. The highest BCUT2D eigenvalue weighted by molar-refractivity contribution is 5.79. The van der Waals surface area contributed by atoms with Gasteiger partial charge in [-0.2, -0.15) is 0 Å². The molecule has 0 bridgehead atoms. The first kappa shape index (κ1) is 23.6. The second-order valence-electron chi connectivity index (χ2n) is 9.83. The van der Waals surface area contributed by atoms with Gasteiger partial charge in [-0.05, 0) is 71.0 Å². The largest absolute Gasteiger partial charge is 0.248 e. The molecule has 0 amide bonds. The zero-order valence-electron chi connectivity index (χ0n) is 21.7. The Morgan fingerprint density at radius 3 is 1.55 bits per heavy atom. The van der Waals surface area contributed by atoms with Gasteiger partial charge in [0.2, 0.25) is 0 Å². The quantitative estimate of drug-likeness (QED) is 0.236. The van der Waals surface area contributed by atoms with Gasteiger partial charge in [0, 0.05) is 11.1 Å². The lowest BCUT2D eigenvalue weighted by Gasteiger charge is -2.12. The van der Waals surface area contributed by atoms with Crippen LogP contribution in [0.5, 0.6) is 0 Å². The number of nitrogens with zero attached hydrogens (tertiary/aromatic N) is 1. The molecule has 0 aliphatic heterocycles. The molecule has 0 aliphatic carbocycles. The van der Waals surface area contributed by atoms with E-state index in [1.807, 2.05) is 6.07 Å². The van der Waals surface area contributed by atoms with Gasteiger partial charge in [0.15, 0.2) is 0 Å². The van der Waals surface area contributed by atoms with Crippen LogP contribution in [0.2, 0.25) is 0 Å². The average molecular weight is 488 g/mol. The Morgan fingerprint density at radius 2 is 0.895 bits per heavy atom. The molecule has 0 atom stereocenters. The number of aromatic nitrogens is 1. The van der Waals surface area contributed by atoms with Crippen molar-refractivity contribution in [1.82, 2.24) is 4.98 Å². The number of hydrogen-bond acceptors (Lipinski definition) is 1. The number of pyridine rings is 1. The van der Waals surface area contributed by atoms with E-state index in [0.717, 1.165) is 22.5 Å². The summed E-state index contributed by atoms with van der Waals surface area (Å²) >= 11 is 0. The Balaban J connectivity index is 1.40. The third-order valence-electron chi connectivity index (χ3n) is 7.08. The van der Waals surface area contributed by atoms with E-state index in [1.165, 1.54) is 44.5 Å². The summed E-state index contributed by atoms with van der Waals surface area (Å²) in [6, 6.07) is 49.6. The maximum atomic E-state index is 5.08. The van der Waals surface area contributed by atoms with Gasteiger partial charge < -0.3 is 0 Å². The van der Waals surface area contributed by atoms with Gasteiger partial charge in [-0.1, -0.05) is 127 Å². The fourth-order valence-electron chi connectivity index (χ4n) is 4.99. The monoisotopic (exact) mass is 487 g/mol. The van der Waals surface area contributed by atoms with Gasteiger partial charge in [-0.15, -0.1) is 0 Å². The van der Waals surface area contributed by atoms with Crippen LogP contribution >= 0.6 is 0 Å². The molecule has 1 aromatic heterocycles. The summed E-state index contributed by atoms with van der Waals surface area (Å²) in [4.78, 5) is 5.08. The van der Waals surface area contributed by atoms with E-state index in [4.69, 9.17) is 4.98 Å². The Labute approximate surface area is 225 Å². The fraction of sp³-hybridized carbons (Fsp3) is 0.0541. The minimum atomic E-state index is 0.974. The number of benzene rings is 5. The average Bonchev–Trinajstić information content (AvgIpc) is 2.98. The van der Waals surface area contributed by atoms with Gasteiger partial charge in [0.25, 0.3) is 0 Å². The smallest absolute Gasteiger partial charge is 0.0715 e. The first-order chi connectivity index (χ1) is 18.6. The van der Waals surface area contributed by atoms with E-state index in [9.17, 15) is 0 Å². The van der Waals surface area contributed by atoms with Crippen molar-refractivity contribution in [3.63, 3.8) is 0 Å². The lowest BCUT2D eigenvalue weighted by molar-refractivity contribution is 1.32. The standard InChI is InChI=1S/C37H29N/c1-26-10-9-15-32(22-26)33-17-16-27(2)35(23-33)29-18-20-31(21-19-29)37-25-34(28-11-5-3-6-12-28)24-36(38-37)30-13-7-4-8-14-30/h3-25H,1-2H3. The molecule has 0 fully saturated rings. The molecule has 5 aromatic carbocycles. The molecule has 6 aromatic rings. The Bertz CT molecular complexity index is 1640. The maximum Gasteiger partial charge on any atom is 0.0715 e. The predicted molar refractivity (Wildman–Crippen MR) is 161 cm³/mol. The minimum Gasteiger partial charge on any atom is -0.248 e. The normalized spacial score (nSPS) is 10.9. The first-order valence-electron chi connectivity index (χ1n) is 13.1. The first-order valence-corrected chi connectivity index (χ1v) is 13.1. The molecule has 6 rings (SSSR count). The Hall–Kier alpha value is -4.75. The van der Waals surface area contributed by atoms with Crippen molar-refractivity contribution in [3.05, 3.63) is 151 Å². The molecular formula is C37H29N. The van der Waals surface area contributed by atoms with Crippen molar-refractivity contribution in [1.29, 1.82) is 0 Å². The fourth-order valence-corrected chi connectivity index (χ4v) is 4.99. The summed E-state index contributed by atoms with van der Waals surface area (Å²) in [5, 5.41) is 0.